The molecule has 2 heterocycles. The standard InChI is InChI=1S/C20H27N5O3S2/c1-14(2)19-22-23-20(25(19)16-8-9-16)29-13-18(26)21-15-6-5-7-17(12-15)30(27,28)24-10-3-4-11-24/h5-7,12,14,16H,3-4,8-11,13H2,1-2H3,(H,21,26). The van der Waals surface area contributed by atoms with Crippen LogP contribution < -0.4 is 5.32 Å². The highest BCUT2D eigenvalue weighted by Gasteiger charge is 2.31. The molecule has 8 nitrogen and oxygen atoms in total. The largest absolute Gasteiger partial charge is 0.325 e. The first-order valence-electron chi connectivity index (χ1n) is 10.3. The number of sulfonamides is 1. The minimum absolute atomic E-state index is 0.187. The number of nitrogens with zero attached hydrogens (tertiary/aromatic N) is 4. The fraction of sp³-hybridized carbons (Fsp3) is 0.550. The van der Waals surface area contributed by atoms with E-state index < -0.39 is 10.0 Å². The number of thioether (sulfide) groups is 1. The zero-order valence-corrected chi connectivity index (χ0v) is 18.9. The summed E-state index contributed by atoms with van der Waals surface area (Å²) in [6.07, 6.45) is 4.01. The van der Waals surface area contributed by atoms with Gasteiger partial charge < -0.3 is 9.88 Å². The normalized spacial score (nSPS) is 17.6. The average molecular weight is 450 g/mol. The van der Waals surface area contributed by atoms with Crippen LogP contribution in [0.5, 0.6) is 0 Å². The smallest absolute Gasteiger partial charge is 0.243 e. The summed E-state index contributed by atoms with van der Waals surface area (Å²) in [4.78, 5) is 12.7. The minimum atomic E-state index is -3.51. The van der Waals surface area contributed by atoms with Gasteiger partial charge in [0.15, 0.2) is 5.16 Å². The summed E-state index contributed by atoms with van der Waals surface area (Å²) < 4.78 is 29.1. The van der Waals surface area contributed by atoms with Crippen LogP contribution in [0.4, 0.5) is 5.69 Å². The van der Waals surface area contributed by atoms with Crippen molar-refractivity contribution in [1.82, 2.24) is 19.1 Å². The molecule has 1 aliphatic heterocycles. The molecule has 2 aliphatic rings. The van der Waals surface area contributed by atoms with Gasteiger partial charge in [-0.2, -0.15) is 4.31 Å². The number of benzene rings is 1. The van der Waals surface area contributed by atoms with E-state index in [0.717, 1.165) is 36.7 Å². The number of amides is 1. The van der Waals surface area contributed by atoms with E-state index in [1.165, 1.54) is 22.1 Å². The van der Waals surface area contributed by atoms with Crippen LogP contribution in [0.2, 0.25) is 0 Å². The van der Waals surface area contributed by atoms with E-state index >= 15 is 0 Å². The number of carbonyl (C=O) groups is 1. The van der Waals surface area contributed by atoms with Crippen molar-refractivity contribution in [2.75, 3.05) is 24.2 Å². The molecule has 0 unspecified atom stereocenters. The second-order valence-corrected chi connectivity index (χ2v) is 11.0. The predicted octanol–water partition coefficient (Wildman–Crippen LogP) is 3.25. The van der Waals surface area contributed by atoms with Gasteiger partial charge in [-0.1, -0.05) is 31.7 Å². The van der Waals surface area contributed by atoms with Crippen molar-refractivity contribution in [2.24, 2.45) is 0 Å². The van der Waals surface area contributed by atoms with Gasteiger partial charge in [0.1, 0.15) is 5.82 Å². The summed E-state index contributed by atoms with van der Waals surface area (Å²) in [5.74, 6) is 1.22. The monoisotopic (exact) mass is 449 g/mol. The summed E-state index contributed by atoms with van der Waals surface area (Å²) in [5.41, 5.74) is 0.479. The zero-order chi connectivity index (χ0) is 21.3. The SMILES string of the molecule is CC(C)c1nnc(SCC(=O)Nc2cccc(S(=O)(=O)N3CCCC3)c2)n1C1CC1. The van der Waals surface area contributed by atoms with Crippen molar-refractivity contribution in [3.05, 3.63) is 30.1 Å². The molecule has 30 heavy (non-hydrogen) atoms. The van der Waals surface area contributed by atoms with Crippen LogP contribution >= 0.6 is 11.8 Å². The van der Waals surface area contributed by atoms with Crippen molar-refractivity contribution in [1.29, 1.82) is 0 Å². The molecule has 2 fully saturated rings. The van der Waals surface area contributed by atoms with Gasteiger partial charge in [0.05, 0.1) is 10.6 Å². The van der Waals surface area contributed by atoms with Crippen molar-refractivity contribution >= 4 is 33.4 Å². The molecule has 1 aliphatic carbocycles. The predicted molar refractivity (Wildman–Crippen MR) is 116 cm³/mol. The second kappa shape index (κ2) is 8.68. The first-order valence-corrected chi connectivity index (χ1v) is 12.8. The number of anilines is 1. The Morgan fingerprint density at radius 1 is 1.23 bits per heavy atom. The Morgan fingerprint density at radius 2 is 1.97 bits per heavy atom. The molecule has 10 heteroatoms. The maximum Gasteiger partial charge on any atom is 0.243 e. The lowest BCUT2D eigenvalue weighted by molar-refractivity contribution is -0.113. The van der Waals surface area contributed by atoms with Crippen LogP contribution in [0.3, 0.4) is 0 Å². The van der Waals surface area contributed by atoms with Gasteiger partial charge in [0.25, 0.3) is 0 Å². The van der Waals surface area contributed by atoms with Crippen LogP contribution in [-0.2, 0) is 14.8 Å². The fourth-order valence-corrected chi connectivity index (χ4v) is 5.97. The molecule has 0 radical (unpaired) electrons. The average Bonchev–Trinajstić information content (AvgIpc) is 3.22. The molecule has 4 rings (SSSR count). The molecule has 1 aromatic carbocycles. The summed E-state index contributed by atoms with van der Waals surface area (Å²) in [7, 11) is -3.51. The summed E-state index contributed by atoms with van der Waals surface area (Å²) >= 11 is 1.36. The number of aromatic nitrogens is 3. The third kappa shape index (κ3) is 4.55. The van der Waals surface area contributed by atoms with E-state index in [0.29, 0.717) is 24.8 Å². The van der Waals surface area contributed by atoms with E-state index in [1.54, 1.807) is 18.2 Å². The molecule has 1 saturated heterocycles. The fourth-order valence-electron chi connectivity index (χ4n) is 3.60. The highest BCUT2D eigenvalue weighted by Crippen LogP contribution is 2.40. The van der Waals surface area contributed by atoms with Gasteiger partial charge in [-0.3, -0.25) is 4.79 Å². The molecule has 1 aromatic heterocycles. The van der Waals surface area contributed by atoms with E-state index in [-0.39, 0.29) is 22.5 Å². The molecule has 0 spiro atoms. The lowest BCUT2D eigenvalue weighted by atomic mass is 10.2. The maximum atomic E-state index is 12.7. The zero-order valence-electron chi connectivity index (χ0n) is 17.2. The quantitative estimate of drug-likeness (QED) is 0.622. The van der Waals surface area contributed by atoms with Crippen molar-refractivity contribution in [2.45, 2.75) is 61.5 Å². The maximum absolute atomic E-state index is 12.7. The molecule has 0 atom stereocenters. The number of carbonyl (C=O) groups excluding carboxylic acids is 1. The highest BCUT2D eigenvalue weighted by molar-refractivity contribution is 7.99. The van der Waals surface area contributed by atoms with Crippen molar-refractivity contribution < 1.29 is 13.2 Å². The Kier molecular flexibility index (Phi) is 6.17. The Hall–Kier alpha value is -1.91. The molecule has 1 amide bonds. The van der Waals surface area contributed by atoms with Crippen LogP contribution in [-0.4, -0.2) is 52.2 Å². The molecule has 0 bridgehead atoms. The van der Waals surface area contributed by atoms with Gasteiger partial charge in [-0.15, -0.1) is 10.2 Å². The van der Waals surface area contributed by atoms with Crippen LogP contribution in [0.25, 0.3) is 0 Å². The number of rotatable bonds is 8. The van der Waals surface area contributed by atoms with Crippen molar-refractivity contribution in [3.8, 4) is 0 Å². The topological polar surface area (TPSA) is 97.2 Å². The summed E-state index contributed by atoms with van der Waals surface area (Å²) in [5, 5.41) is 12.2. The Balaban J connectivity index is 1.41. The Morgan fingerprint density at radius 3 is 2.63 bits per heavy atom. The van der Waals surface area contributed by atoms with Gasteiger partial charge in [0, 0.05) is 30.7 Å². The van der Waals surface area contributed by atoms with E-state index in [9.17, 15) is 13.2 Å². The van der Waals surface area contributed by atoms with E-state index in [2.05, 4.69) is 33.9 Å². The first kappa shape index (κ1) is 21.3. The van der Waals surface area contributed by atoms with E-state index in [1.807, 2.05) is 0 Å². The summed E-state index contributed by atoms with van der Waals surface area (Å²) in [6, 6.07) is 6.90. The van der Waals surface area contributed by atoms with Gasteiger partial charge >= 0.3 is 0 Å². The van der Waals surface area contributed by atoms with Crippen LogP contribution in [0, 0.1) is 0 Å². The Bertz CT molecular complexity index is 1020. The Labute approximate surface area is 181 Å². The van der Waals surface area contributed by atoms with Gasteiger partial charge in [-0.25, -0.2) is 8.42 Å². The number of hydrogen-bond donors (Lipinski definition) is 1. The second-order valence-electron chi connectivity index (χ2n) is 8.07. The van der Waals surface area contributed by atoms with Gasteiger partial charge in [-0.05, 0) is 43.9 Å². The van der Waals surface area contributed by atoms with Crippen LogP contribution in [0.15, 0.2) is 34.3 Å². The molecule has 2 aromatic rings. The lowest BCUT2D eigenvalue weighted by Gasteiger charge is -2.16. The molecular weight excluding hydrogens is 422 g/mol. The number of nitrogens with one attached hydrogen (secondary N) is 1. The number of hydrogen-bond acceptors (Lipinski definition) is 6. The van der Waals surface area contributed by atoms with Crippen LogP contribution in [0.1, 0.15) is 57.3 Å². The molecular formula is C20H27N5O3S2. The third-order valence-electron chi connectivity index (χ3n) is 5.27. The molecule has 1 saturated carbocycles. The first-order chi connectivity index (χ1) is 14.4. The van der Waals surface area contributed by atoms with Crippen molar-refractivity contribution in [3.63, 3.8) is 0 Å². The highest BCUT2D eigenvalue weighted by atomic mass is 32.2. The summed E-state index contributed by atoms with van der Waals surface area (Å²) in [6.45, 7) is 5.28. The molecule has 162 valence electrons. The molecule has 1 N–H and O–H groups in total. The lowest BCUT2D eigenvalue weighted by Crippen LogP contribution is -2.28. The van der Waals surface area contributed by atoms with Gasteiger partial charge in [0.2, 0.25) is 15.9 Å². The van der Waals surface area contributed by atoms with E-state index in [4.69, 9.17) is 0 Å². The minimum Gasteiger partial charge on any atom is -0.325 e. The third-order valence-corrected chi connectivity index (χ3v) is 8.11.